The van der Waals surface area contributed by atoms with Crippen molar-refractivity contribution in [2.75, 3.05) is 12.4 Å². The second-order valence-corrected chi connectivity index (χ2v) is 8.04. The van der Waals surface area contributed by atoms with Gasteiger partial charge in [-0.25, -0.2) is 0 Å². The van der Waals surface area contributed by atoms with Gasteiger partial charge in [-0.15, -0.1) is 10.2 Å². The van der Waals surface area contributed by atoms with Crippen molar-refractivity contribution in [1.29, 1.82) is 0 Å². The maximum atomic E-state index is 12.7. The number of carbonyl (C=O) groups is 1. The number of ether oxygens (including phenoxy) is 1. The van der Waals surface area contributed by atoms with Gasteiger partial charge in [-0.3, -0.25) is 4.79 Å². The van der Waals surface area contributed by atoms with E-state index in [1.807, 2.05) is 49.4 Å². The van der Waals surface area contributed by atoms with E-state index < -0.39 is 0 Å². The van der Waals surface area contributed by atoms with Gasteiger partial charge in [0.05, 0.1) is 12.4 Å². The molecule has 0 aliphatic heterocycles. The van der Waals surface area contributed by atoms with Crippen LogP contribution >= 0.6 is 11.8 Å². The predicted molar refractivity (Wildman–Crippen MR) is 115 cm³/mol. The van der Waals surface area contributed by atoms with E-state index in [1.165, 1.54) is 11.8 Å². The fourth-order valence-corrected chi connectivity index (χ4v) is 3.49. The summed E-state index contributed by atoms with van der Waals surface area (Å²) in [6.45, 7) is 6.11. The molecule has 1 N–H and O–H groups in total. The molecule has 0 saturated heterocycles. The van der Waals surface area contributed by atoms with Crippen LogP contribution in [0, 0.1) is 0 Å². The van der Waals surface area contributed by atoms with Crippen LogP contribution in [0.15, 0.2) is 58.2 Å². The number of para-hydroxylation sites is 1. The Balaban J connectivity index is 1.65. The van der Waals surface area contributed by atoms with Gasteiger partial charge in [0.1, 0.15) is 5.75 Å². The highest BCUT2D eigenvalue weighted by Crippen LogP contribution is 2.30. The third-order valence-electron chi connectivity index (χ3n) is 4.75. The van der Waals surface area contributed by atoms with Crippen LogP contribution in [0.3, 0.4) is 0 Å². The highest BCUT2D eigenvalue weighted by atomic mass is 32.2. The molecule has 0 spiro atoms. The summed E-state index contributed by atoms with van der Waals surface area (Å²) < 4.78 is 10.9. The van der Waals surface area contributed by atoms with Gasteiger partial charge >= 0.3 is 0 Å². The average molecular weight is 412 g/mol. The van der Waals surface area contributed by atoms with E-state index in [0.717, 1.165) is 29.0 Å². The molecule has 0 bridgehead atoms. The van der Waals surface area contributed by atoms with E-state index in [2.05, 4.69) is 35.4 Å². The van der Waals surface area contributed by atoms with Crippen molar-refractivity contribution in [3.8, 4) is 17.2 Å². The van der Waals surface area contributed by atoms with Crippen LogP contribution in [0.5, 0.6) is 5.75 Å². The van der Waals surface area contributed by atoms with Crippen molar-refractivity contribution in [2.45, 2.75) is 43.6 Å². The molecule has 0 aliphatic carbocycles. The summed E-state index contributed by atoms with van der Waals surface area (Å²) in [4.78, 5) is 12.7. The number of aromatic nitrogens is 2. The zero-order valence-corrected chi connectivity index (χ0v) is 17.8. The first kappa shape index (κ1) is 20.9. The lowest BCUT2D eigenvalue weighted by Gasteiger charge is -2.17. The van der Waals surface area contributed by atoms with E-state index >= 15 is 0 Å². The molecule has 7 heteroatoms. The normalized spacial score (nSPS) is 13.0. The summed E-state index contributed by atoms with van der Waals surface area (Å²) in [6.07, 6.45) is 1.01. The Morgan fingerprint density at radius 2 is 1.86 bits per heavy atom. The third-order valence-corrected chi connectivity index (χ3v) is 5.69. The van der Waals surface area contributed by atoms with Gasteiger partial charge in [0.25, 0.3) is 5.22 Å². The minimum Gasteiger partial charge on any atom is -0.497 e. The Hall–Kier alpha value is -2.80. The molecule has 1 aromatic heterocycles. The molecule has 1 heterocycles. The second-order valence-electron chi connectivity index (χ2n) is 6.75. The van der Waals surface area contributed by atoms with E-state index in [4.69, 9.17) is 9.15 Å². The number of nitrogens with one attached hydrogen (secondary N) is 1. The fourth-order valence-electron chi connectivity index (χ4n) is 2.81. The van der Waals surface area contributed by atoms with Crippen LogP contribution in [-0.4, -0.2) is 28.5 Å². The van der Waals surface area contributed by atoms with E-state index in [1.54, 1.807) is 7.11 Å². The Labute approximate surface area is 175 Å². The molecule has 0 saturated carbocycles. The number of hydrogen-bond acceptors (Lipinski definition) is 6. The molecule has 3 aromatic rings. The number of carbonyl (C=O) groups excluding carboxylic acids is 1. The van der Waals surface area contributed by atoms with Crippen molar-refractivity contribution < 1.29 is 13.9 Å². The summed E-state index contributed by atoms with van der Waals surface area (Å²) in [5.41, 5.74) is 2.79. The maximum absolute atomic E-state index is 12.7. The first-order valence-electron chi connectivity index (χ1n) is 9.56. The lowest BCUT2D eigenvalue weighted by atomic mass is 9.97. The van der Waals surface area contributed by atoms with Gasteiger partial charge in [0.15, 0.2) is 0 Å². The molecule has 0 unspecified atom stereocenters. The van der Waals surface area contributed by atoms with Crippen LogP contribution < -0.4 is 10.1 Å². The molecule has 29 heavy (non-hydrogen) atoms. The fraction of sp³-hybridized carbons (Fsp3) is 0.318. The average Bonchev–Trinajstić information content (AvgIpc) is 3.22. The van der Waals surface area contributed by atoms with E-state index in [-0.39, 0.29) is 11.2 Å². The number of thioether (sulfide) groups is 1. The molecule has 2 atom stereocenters. The van der Waals surface area contributed by atoms with Gasteiger partial charge < -0.3 is 14.5 Å². The summed E-state index contributed by atoms with van der Waals surface area (Å²) in [7, 11) is 1.62. The van der Waals surface area contributed by atoms with Gasteiger partial charge in [-0.2, -0.15) is 0 Å². The number of anilines is 1. The molecular formula is C22H25N3O3S. The Morgan fingerprint density at radius 3 is 2.55 bits per heavy atom. The lowest BCUT2D eigenvalue weighted by molar-refractivity contribution is -0.115. The van der Waals surface area contributed by atoms with Crippen LogP contribution in [0.25, 0.3) is 11.5 Å². The smallest absolute Gasteiger partial charge is 0.277 e. The molecule has 6 nitrogen and oxygen atoms in total. The summed E-state index contributed by atoms with van der Waals surface area (Å²) in [5, 5.41) is 11.1. The zero-order chi connectivity index (χ0) is 20.8. The van der Waals surface area contributed by atoms with Crippen molar-refractivity contribution in [3.63, 3.8) is 0 Å². The number of methoxy groups -OCH3 is 1. The SMILES string of the molecule is CC[C@H](C)c1ccccc1NC(=O)[C@@H](C)Sc1nnc(-c2ccc(OC)cc2)o1. The molecular weight excluding hydrogens is 386 g/mol. The second kappa shape index (κ2) is 9.60. The van der Waals surface area contributed by atoms with E-state index in [0.29, 0.717) is 17.0 Å². The zero-order valence-electron chi connectivity index (χ0n) is 17.0. The standard InChI is InChI=1S/C22H25N3O3S/c1-5-14(2)18-8-6-7-9-19(18)23-20(26)15(3)29-22-25-24-21(28-22)16-10-12-17(27-4)13-11-16/h6-15H,5H2,1-4H3,(H,23,26)/t14-,15+/m0/s1. The summed E-state index contributed by atoms with van der Waals surface area (Å²) >= 11 is 1.24. The predicted octanol–water partition coefficient (Wildman–Crippen LogP) is 5.38. The molecule has 3 rings (SSSR count). The van der Waals surface area contributed by atoms with Crippen LogP contribution in [-0.2, 0) is 4.79 Å². The molecule has 1 amide bonds. The Bertz CT molecular complexity index is 956. The summed E-state index contributed by atoms with van der Waals surface area (Å²) in [6, 6.07) is 15.3. The molecule has 2 aromatic carbocycles. The number of nitrogens with zero attached hydrogens (tertiary/aromatic N) is 2. The van der Waals surface area contributed by atoms with Gasteiger partial charge in [0, 0.05) is 11.3 Å². The van der Waals surface area contributed by atoms with Crippen LogP contribution in [0.4, 0.5) is 5.69 Å². The van der Waals surface area contributed by atoms with Gasteiger partial charge in [-0.05, 0) is 55.2 Å². The summed E-state index contributed by atoms with van der Waals surface area (Å²) in [5.74, 6) is 1.43. The highest BCUT2D eigenvalue weighted by molar-refractivity contribution is 8.00. The largest absolute Gasteiger partial charge is 0.497 e. The third kappa shape index (κ3) is 5.17. The molecule has 0 fully saturated rings. The number of benzene rings is 2. The van der Waals surface area contributed by atoms with Crippen molar-refractivity contribution in [1.82, 2.24) is 10.2 Å². The molecule has 0 aliphatic rings. The number of hydrogen-bond donors (Lipinski definition) is 1. The maximum Gasteiger partial charge on any atom is 0.277 e. The first-order chi connectivity index (χ1) is 14.0. The Morgan fingerprint density at radius 1 is 1.14 bits per heavy atom. The van der Waals surface area contributed by atoms with Gasteiger partial charge in [-0.1, -0.05) is 43.8 Å². The van der Waals surface area contributed by atoms with Crippen molar-refractivity contribution in [2.24, 2.45) is 0 Å². The topological polar surface area (TPSA) is 77.2 Å². The van der Waals surface area contributed by atoms with Crippen molar-refractivity contribution in [3.05, 3.63) is 54.1 Å². The number of amides is 1. The highest BCUT2D eigenvalue weighted by Gasteiger charge is 2.20. The van der Waals surface area contributed by atoms with Crippen molar-refractivity contribution >= 4 is 23.4 Å². The van der Waals surface area contributed by atoms with Gasteiger partial charge in [0.2, 0.25) is 11.8 Å². The van der Waals surface area contributed by atoms with E-state index in [9.17, 15) is 4.79 Å². The minimum absolute atomic E-state index is 0.102. The van der Waals surface area contributed by atoms with Crippen LogP contribution in [0.2, 0.25) is 0 Å². The monoisotopic (exact) mass is 411 g/mol. The lowest BCUT2D eigenvalue weighted by Crippen LogP contribution is -2.23. The van der Waals surface area contributed by atoms with Crippen LogP contribution in [0.1, 0.15) is 38.7 Å². The molecule has 152 valence electrons. The molecule has 0 radical (unpaired) electrons. The Kier molecular flexibility index (Phi) is 6.93. The quantitative estimate of drug-likeness (QED) is 0.502. The number of rotatable bonds is 8. The first-order valence-corrected chi connectivity index (χ1v) is 10.4. The minimum atomic E-state index is -0.385.